The Morgan fingerprint density at radius 1 is 1.10 bits per heavy atom. The third kappa shape index (κ3) is 4.03. The number of halogens is 2. The van der Waals surface area contributed by atoms with E-state index in [1.807, 2.05) is 31.2 Å². The number of hydrogen-bond acceptors (Lipinski definition) is 5. The molecule has 3 amide bonds. The number of aromatic nitrogens is 1. The number of pyridine rings is 1. The Labute approximate surface area is 235 Å². The number of nitrogens with one attached hydrogen (secondary N) is 2. The molecule has 2 saturated heterocycles. The molecule has 1 aliphatic carbocycles. The Hall–Kier alpha value is -4.18. The van der Waals surface area contributed by atoms with Crippen LogP contribution in [0, 0.1) is 11.6 Å². The molecule has 10 heteroatoms. The van der Waals surface area contributed by atoms with Gasteiger partial charge in [0.1, 0.15) is 24.0 Å². The van der Waals surface area contributed by atoms with E-state index in [0.717, 1.165) is 29.2 Å². The molecule has 210 valence electrons. The molecule has 1 aromatic heterocycles. The van der Waals surface area contributed by atoms with Crippen LogP contribution in [0.1, 0.15) is 48.1 Å². The molecule has 8 nitrogen and oxygen atoms in total. The van der Waals surface area contributed by atoms with Crippen molar-refractivity contribution in [3.8, 4) is 0 Å². The first kappa shape index (κ1) is 25.8. The van der Waals surface area contributed by atoms with E-state index in [9.17, 15) is 23.2 Å². The topological polar surface area (TPSA) is 94.6 Å². The Morgan fingerprint density at radius 3 is 2.68 bits per heavy atom. The van der Waals surface area contributed by atoms with E-state index in [2.05, 4.69) is 20.5 Å². The van der Waals surface area contributed by atoms with Gasteiger partial charge in [-0.05, 0) is 86.2 Å². The van der Waals surface area contributed by atoms with Gasteiger partial charge in [0.15, 0.2) is 0 Å². The summed E-state index contributed by atoms with van der Waals surface area (Å²) in [4.78, 5) is 48.0. The van der Waals surface area contributed by atoms with Crippen molar-refractivity contribution in [2.24, 2.45) is 0 Å². The highest BCUT2D eigenvalue weighted by Gasteiger charge is 2.53. The molecule has 3 aliphatic heterocycles. The predicted molar refractivity (Wildman–Crippen MR) is 147 cm³/mol. The van der Waals surface area contributed by atoms with E-state index in [0.29, 0.717) is 49.4 Å². The maximum absolute atomic E-state index is 14.2. The number of nitrogens with zero attached hydrogens (tertiary/aromatic N) is 3. The van der Waals surface area contributed by atoms with Crippen LogP contribution in [-0.4, -0.2) is 57.7 Å². The molecule has 3 aromatic rings. The zero-order valence-electron chi connectivity index (χ0n) is 22.5. The van der Waals surface area contributed by atoms with Crippen LogP contribution in [0.4, 0.5) is 20.3 Å². The van der Waals surface area contributed by atoms with Crippen LogP contribution in [0.2, 0.25) is 0 Å². The highest BCUT2D eigenvalue weighted by Crippen LogP contribution is 2.47. The van der Waals surface area contributed by atoms with E-state index < -0.39 is 34.5 Å². The van der Waals surface area contributed by atoms with E-state index in [4.69, 9.17) is 0 Å². The van der Waals surface area contributed by atoms with Gasteiger partial charge in [0.25, 0.3) is 0 Å². The fraction of sp³-hybridized carbons (Fsp3) is 0.355. The molecule has 2 fully saturated rings. The fourth-order valence-corrected chi connectivity index (χ4v) is 7.25. The van der Waals surface area contributed by atoms with Gasteiger partial charge in [-0.15, -0.1) is 0 Å². The molecule has 0 unspecified atom stereocenters. The molecule has 4 heterocycles. The number of fused-ring (bicyclic) bond motifs is 4. The Kier molecular flexibility index (Phi) is 5.76. The molecule has 4 aliphatic rings. The molecule has 41 heavy (non-hydrogen) atoms. The van der Waals surface area contributed by atoms with Crippen molar-refractivity contribution in [1.29, 1.82) is 0 Å². The number of carbonyl (C=O) groups is 3. The highest BCUT2D eigenvalue weighted by molar-refractivity contribution is 6.06. The summed E-state index contributed by atoms with van der Waals surface area (Å²) in [6, 6.07) is 11.9. The van der Waals surface area contributed by atoms with Crippen LogP contribution in [-0.2, 0) is 32.6 Å². The molecule has 7 rings (SSSR count). The van der Waals surface area contributed by atoms with Crippen molar-refractivity contribution < 1.29 is 23.2 Å². The van der Waals surface area contributed by atoms with E-state index in [-0.39, 0.29) is 18.4 Å². The second-order valence-electron chi connectivity index (χ2n) is 11.8. The number of rotatable bonds is 4. The maximum atomic E-state index is 14.2. The lowest BCUT2D eigenvalue weighted by molar-refractivity contribution is -0.154. The summed E-state index contributed by atoms with van der Waals surface area (Å²) in [5.41, 5.74) is 2.29. The fourth-order valence-electron chi connectivity index (χ4n) is 7.25. The van der Waals surface area contributed by atoms with Crippen molar-refractivity contribution >= 4 is 29.2 Å². The standard InChI is InChI=1S/C31H29F2N5O3/c1-30-7-3-9-37(30)16-25(19-10-21(32)13-22(33)11-19)38(29(30)41)17-26(39)35-23-6-5-18-14-31(15-20(18)12-23)24-4-2-8-34-27(24)36-28(31)40/h2,4-6,8,10-13,25H,3,7,9,14-17H2,1H3,(H,35,39)(H,34,36,40)/t25-,30+,31-/m1/s1. The first-order valence-corrected chi connectivity index (χ1v) is 13.9. The molecule has 0 saturated carbocycles. The smallest absolute Gasteiger partial charge is 0.244 e. The lowest BCUT2D eigenvalue weighted by atomic mass is 9.79. The first-order chi connectivity index (χ1) is 19.7. The summed E-state index contributed by atoms with van der Waals surface area (Å²) in [7, 11) is 0. The second kappa shape index (κ2) is 9.17. The van der Waals surface area contributed by atoms with E-state index >= 15 is 0 Å². The monoisotopic (exact) mass is 557 g/mol. The third-order valence-electron chi connectivity index (χ3n) is 9.33. The van der Waals surface area contributed by atoms with Gasteiger partial charge in [-0.25, -0.2) is 13.8 Å². The maximum Gasteiger partial charge on any atom is 0.244 e. The average molecular weight is 558 g/mol. The van der Waals surface area contributed by atoms with Crippen LogP contribution in [0.3, 0.4) is 0 Å². The summed E-state index contributed by atoms with van der Waals surface area (Å²) >= 11 is 0. The van der Waals surface area contributed by atoms with Crippen molar-refractivity contribution in [3.05, 3.63) is 88.6 Å². The number of carbonyl (C=O) groups excluding carboxylic acids is 3. The van der Waals surface area contributed by atoms with Crippen molar-refractivity contribution in [1.82, 2.24) is 14.8 Å². The van der Waals surface area contributed by atoms with Gasteiger partial charge in [0.2, 0.25) is 17.7 Å². The first-order valence-electron chi connectivity index (χ1n) is 13.9. The minimum atomic E-state index is -0.752. The molecule has 2 N–H and O–H groups in total. The minimum absolute atomic E-state index is 0.0779. The highest BCUT2D eigenvalue weighted by atomic mass is 19.1. The SMILES string of the molecule is C[C@@]12CCCN1C[C@H](c1cc(F)cc(F)c1)N(CC(=O)Nc1ccc3c(c1)C[C@@]1(C3)C(=O)Nc3ncccc31)C2=O. The quantitative estimate of drug-likeness (QED) is 0.510. The van der Waals surface area contributed by atoms with Gasteiger partial charge in [-0.1, -0.05) is 12.1 Å². The largest absolute Gasteiger partial charge is 0.325 e. The minimum Gasteiger partial charge on any atom is -0.325 e. The van der Waals surface area contributed by atoms with Crippen molar-refractivity contribution in [3.63, 3.8) is 0 Å². The zero-order valence-corrected chi connectivity index (χ0v) is 22.5. The van der Waals surface area contributed by atoms with Crippen LogP contribution < -0.4 is 10.6 Å². The number of amides is 3. The molecule has 1 spiro atoms. The van der Waals surface area contributed by atoms with Gasteiger partial charge in [-0.3, -0.25) is 19.3 Å². The van der Waals surface area contributed by atoms with Crippen LogP contribution in [0.25, 0.3) is 0 Å². The average Bonchev–Trinajstić information content (AvgIpc) is 3.59. The van der Waals surface area contributed by atoms with Gasteiger partial charge in [0.05, 0.1) is 17.0 Å². The molecule has 3 atom stereocenters. The van der Waals surface area contributed by atoms with Crippen molar-refractivity contribution in [2.45, 2.75) is 49.6 Å². The van der Waals surface area contributed by atoms with Crippen LogP contribution >= 0.6 is 0 Å². The van der Waals surface area contributed by atoms with Crippen LogP contribution in [0.5, 0.6) is 0 Å². The number of benzene rings is 2. The summed E-state index contributed by atoms with van der Waals surface area (Å²) in [6.07, 6.45) is 4.18. The molecule has 0 radical (unpaired) electrons. The van der Waals surface area contributed by atoms with E-state index in [1.54, 1.807) is 12.3 Å². The summed E-state index contributed by atoms with van der Waals surface area (Å²) in [5, 5.41) is 5.81. The molecule has 2 aromatic carbocycles. The zero-order chi connectivity index (χ0) is 28.5. The summed E-state index contributed by atoms with van der Waals surface area (Å²) < 4.78 is 28.3. The summed E-state index contributed by atoms with van der Waals surface area (Å²) in [5.74, 6) is -1.57. The van der Waals surface area contributed by atoms with Gasteiger partial charge in [-0.2, -0.15) is 0 Å². The Balaban J connectivity index is 1.13. The third-order valence-corrected chi connectivity index (χ3v) is 9.33. The molecular formula is C31H29F2N5O3. The van der Waals surface area contributed by atoms with Crippen LogP contribution in [0.15, 0.2) is 54.7 Å². The lowest BCUT2D eigenvalue weighted by Crippen LogP contribution is -2.63. The van der Waals surface area contributed by atoms with E-state index in [1.165, 1.54) is 17.0 Å². The molecular weight excluding hydrogens is 528 g/mol. The Morgan fingerprint density at radius 2 is 1.88 bits per heavy atom. The normalized spacial score (nSPS) is 26.6. The molecule has 0 bridgehead atoms. The summed E-state index contributed by atoms with van der Waals surface area (Å²) in [6.45, 7) is 2.72. The Bertz CT molecular complexity index is 1610. The van der Waals surface area contributed by atoms with Gasteiger partial charge < -0.3 is 15.5 Å². The van der Waals surface area contributed by atoms with Crippen molar-refractivity contribution in [2.75, 3.05) is 30.3 Å². The number of anilines is 2. The second-order valence-corrected chi connectivity index (χ2v) is 11.8. The lowest BCUT2D eigenvalue weighted by Gasteiger charge is -2.48. The number of piperazine rings is 1. The number of hydrogen-bond donors (Lipinski definition) is 2. The predicted octanol–water partition coefficient (Wildman–Crippen LogP) is 3.73. The van der Waals surface area contributed by atoms with Gasteiger partial charge in [0, 0.05) is 30.1 Å². The van der Waals surface area contributed by atoms with Gasteiger partial charge >= 0.3 is 0 Å².